The monoisotopic (exact) mass is 338 g/mol. The summed E-state index contributed by atoms with van der Waals surface area (Å²) in [6.07, 6.45) is 2.17. The van der Waals surface area contributed by atoms with Crippen molar-refractivity contribution in [1.29, 1.82) is 0 Å². The van der Waals surface area contributed by atoms with Crippen molar-refractivity contribution in [3.05, 3.63) is 71.0 Å². The van der Waals surface area contributed by atoms with Crippen molar-refractivity contribution in [2.24, 2.45) is 11.0 Å². The Balaban J connectivity index is 1.56. The van der Waals surface area contributed by atoms with E-state index in [9.17, 15) is 9.18 Å². The van der Waals surface area contributed by atoms with E-state index in [0.29, 0.717) is 5.56 Å². The number of amides is 1. The summed E-state index contributed by atoms with van der Waals surface area (Å²) >= 11 is 0. The molecule has 130 valence electrons. The minimum Gasteiger partial charge on any atom is -0.273 e. The first-order valence-electron chi connectivity index (χ1n) is 8.54. The van der Waals surface area contributed by atoms with Gasteiger partial charge in [-0.3, -0.25) is 4.79 Å². The number of halogens is 1. The molecule has 4 heteroatoms. The third-order valence-corrected chi connectivity index (χ3v) is 4.62. The molecule has 0 radical (unpaired) electrons. The zero-order valence-corrected chi connectivity index (χ0v) is 14.8. The van der Waals surface area contributed by atoms with Crippen molar-refractivity contribution in [3.63, 3.8) is 0 Å². The zero-order chi connectivity index (χ0) is 18.0. The van der Waals surface area contributed by atoms with Gasteiger partial charge in [0.05, 0.1) is 6.21 Å². The van der Waals surface area contributed by atoms with Crippen LogP contribution in [0.1, 0.15) is 49.8 Å². The number of hydrogen-bond acceptors (Lipinski definition) is 2. The van der Waals surface area contributed by atoms with Crippen molar-refractivity contribution in [1.82, 2.24) is 5.43 Å². The van der Waals surface area contributed by atoms with Crippen molar-refractivity contribution in [2.45, 2.75) is 38.5 Å². The lowest BCUT2D eigenvalue weighted by Crippen LogP contribution is -2.20. The van der Waals surface area contributed by atoms with Crippen LogP contribution in [-0.4, -0.2) is 12.1 Å². The van der Waals surface area contributed by atoms with Gasteiger partial charge in [0.25, 0.3) is 0 Å². The number of carbonyl (C=O) groups excluding carboxylic acids is 1. The Kier molecular flexibility index (Phi) is 4.71. The van der Waals surface area contributed by atoms with E-state index in [4.69, 9.17) is 0 Å². The highest BCUT2D eigenvalue weighted by molar-refractivity contribution is 5.85. The third-order valence-electron chi connectivity index (χ3n) is 4.62. The van der Waals surface area contributed by atoms with Gasteiger partial charge in [0, 0.05) is 11.5 Å². The summed E-state index contributed by atoms with van der Waals surface area (Å²) in [5.41, 5.74) is 5.47. The van der Waals surface area contributed by atoms with E-state index in [-0.39, 0.29) is 29.0 Å². The van der Waals surface area contributed by atoms with E-state index in [2.05, 4.69) is 55.6 Å². The summed E-state index contributed by atoms with van der Waals surface area (Å²) in [5.74, 6) is -0.280. The number of nitrogens with one attached hydrogen (secondary N) is 1. The van der Waals surface area contributed by atoms with Crippen LogP contribution in [0.5, 0.6) is 0 Å². The molecule has 0 spiro atoms. The number of benzene rings is 2. The molecule has 2 aromatic carbocycles. The van der Waals surface area contributed by atoms with Crippen LogP contribution in [0.15, 0.2) is 53.6 Å². The van der Waals surface area contributed by atoms with E-state index < -0.39 is 0 Å². The molecule has 3 rings (SSSR count). The van der Waals surface area contributed by atoms with Gasteiger partial charge in [-0.1, -0.05) is 63.2 Å². The van der Waals surface area contributed by atoms with Crippen molar-refractivity contribution in [3.8, 4) is 0 Å². The minimum absolute atomic E-state index is 0.0572. The van der Waals surface area contributed by atoms with Crippen molar-refractivity contribution in [2.75, 3.05) is 0 Å². The lowest BCUT2D eigenvalue weighted by atomic mass is 9.86. The van der Waals surface area contributed by atoms with Gasteiger partial charge in [0.2, 0.25) is 5.91 Å². The molecule has 1 fully saturated rings. The third kappa shape index (κ3) is 4.13. The van der Waals surface area contributed by atoms with Gasteiger partial charge in [-0.25, -0.2) is 9.82 Å². The highest BCUT2D eigenvalue weighted by atomic mass is 19.1. The maximum atomic E-state index is 13.5. The van der Waals surface area contributed by atoms with Crippen LogP contribution in [-0.2, 0) is 10.2 Å². The molecular formula is C21H23FN2O. The van der Waals surface area contributed by atoms with Gasteiger partial charge in [0.1, 0.15) is 5.82 Å². The van der Waals surface area contributed by atoms with E-state index in [0.717, 1.165) is 6.42 Å². The molecule has 2 atom stereocenters. The summed E-state index contributed by atoms with van der Waals surface area (Å²) in [7, 11) is 0. The van der Waals surface area contributed by atoms with Crippen LogP contribution in [0, 0.1) is 11.7 Å². The Morgan fingerprint density at radius 1 is 1.16 bits per heavy atom. The van der Waals surface area contributed by atoms with Crippen LogP contribution in [0.2, 0.25) is 0 Å². The van der Waals surface area contributed by atoms with E-state index in [1.807, 2.05) is 0 Å². The summed E-state index contributed by atoms with van der Waals surface area (Å²) in [4.78, 5) is 12.2. The fourth-order valence-electron chi connectivity index (χ4n) is 2.91. The second kappa shape index (κ2) is 6.79. The first kappa shape index (κ1) is 17.3. The Morgan fingerprint density at radius 2 is 1.84 bits per heavy atom. The largest absolute Gasteiger partial charge is 0.273 e. The maximum absolute atomic E-state index is 13.5. The molecule has 2 aromatic rings. The van der Waals surface area contributed by atoms with Crippen LogP contribution < -0.4 is 5.43 Å². The standard InChI is InChI=1S/C21H23FN2O/c1-21(2,3)16-10-8-14(9-11-16)17-12-18(17)20(25)24-23-13-15-6-4-5-7-19(15)22/h4-11,13,17-18H,12H2,1-3H3,(H,24,25)/b23-13+/t17-,18-/m1/s1. The van der Waals surface area contributed by atoms with Gasteiger partial charge in [-0.2, -0.15) is 5.10 Å². The summed E-state index contributed by atoms with van der Waals surface area (Å²) in [6.45, 7) is 6.55. The first-order chi connectivity index (χ1) is 11.9. The Labute approximate surface area is 148 Å². The Hall–Kier alpha value is -2.49. The van der Waals surface area contributed by atoms with Gasteiger partial charge in [0.15, 0.2) is 0 Å². The normalized spacial score (nSPS) is 19.8. The zero-order valence-electron chi connectivity index (χ0n) is 14.8. The average Bonchev–Trinajstić information content (AvgIpc) is 3.37. The highest BCUT2D eigenvalue weighted by Crippen LogP contribution is 2.47. The van der Waals surface area contributed by atoms with Gasteiger partial charge in [-0.05, 0) is 34.9 Å². The molecule has 0 aliphatic heterocycles. The van der Waals surface area contributed by atoms with Crippen molar-refractivity contribution < 1.29 is 9.18 Å². The second-order valence-corrected chi connectivity index (χ2v) is 7.58. The van der Waals surface area contributed by atoms with E-state index >= 15 is 0 Å². The number of hydrazone groups is 1. The highest BCUT2D eigenvalue weighted by Gasteiger charge is 2.43. The van der Waals surface area contributed by atoms with Crippen LogP contribution >= 0.6 is 0 Å². The molecule has 1 N–H and O–H groups in total. The fourth-order valence-corrected chi connectivity index (χ4v) is 2.91. The van der Waals surface area contributed by atoms with E-state index in [1.165, 1.54) is 23.4 Å². The molecule has 1 aliphatic carbocycles. The topological polar surface area (TPSA) is 41.5 Å². The molecule has 1 saturated carbocycles. The molecule has 0 heterocycles. The molecule has 1 aliphatic rings. The quantitative estimate of drug-likeness (QED) is 0.652. The molecule has 0 unspecified atom stereocenters. The van der Waals surface area contributed by atoms with Gasteiger partial charge in [-0.15, -0.1) is 0 Å². The van der Waals surface area contributed by atoms with Gasteiger partial charge >= 0.3 is 0 Å². The lowest BCUT2D eigenvalue weighted by Gasteiger charge is -2.19. The molecule has 1 amide bonds. The molecular weight excluding hydrogens is 315 g/mol. The number of hydrogen-bond donors (Lipinski definition) is 1. The summed E-state index contributed by atoms with van der Waals surface area (Å²) in [5, 5.41) is 3.87. The summed E-state index contributed by atoms with van der Waals surface area (Å²) < 4.78 is 13.5. The Morgan fingerprint density at radius 3 is 2.48 bits per heavy atom. The lowest BCUT2D eigenvalue weighted by molar-refractivity contribution is -0.122. The Bertz CT molecular complexity index is 790. The van der Waals surface area contributed by atoms with Crippen LogP contribution in [0.25, 0.3) is 0 Å². The SMILES string of the molecule is CC(C)(C)c1ccc([C@H]2C[C@H]2C(=O)N/N=C/c2ccccc2F)cc1. The first-order valence-corrected chi connectivity index (χ1v) is 8.54. The average molecular weight is 338 g/mol. The molecule has 0 saturated heterocycles. The van der Waals surface area contributed by atoms with Crippen LogP contribution in [0.4, 0.5) is 4.39 Å². The smallest absolute Gasteiger partial charge is 0.243 e. The van der Waals surface area contributed by atoms with Crippen molar-refractivity contribution >= 4 is 12.1 Å². The molecule has 3 nitrogen and oxygen atoms in total. The maximum Gasteiger partial charge on any atom is 0.243 e. The van der Waals surface area contributed by atoms with Crippen LogP contribution in [0.3, 0.4) is 0 Å². The second-order valence-electron chi connectivity index (χ2n) is 7.58. The molecule has 0 bridgehead atoms. The molecule has 0 aromatic heterocycles. The number of rotatable bonds is 4. The van der Waals surface area contributed by atoms with E-state index in [1.54, 1.807) is 18.2 Å². The minimum atomic E-state index is -0.358. The predicted molar refractivity (Wildman–Crippen MR) is 98.1 cm³/mol. The fraction of sp³-hybridized carbons (Fsp3) is 0.333. The summed E-state index contributed by atoms with van der Waals surface area (Å²) in [6, 6.07) is 14.8. The number of carbonyl (C=O) groups is 1. The number of nitrogens with zero attached hydrogens (tertiary/aromatic N) is 1. The predicted octanol–water partition coefficient (Wildman–Crippen LogP) is 4.38. The van der Waals surface area contributed by atoms with Gasteiger partial charge < -0.3 is 0 Å². The molecule has 25 heavy (non-hydrogen) atoms.